The van der Waals surface area contributed by atoms with Gasteiger partial charge in [0.05, 0.1) is 0 Å². The lowest BCUT2D eigenvalue weighted by Crippen LogP contribution is -2.41. The fourth-order valence-electron chi connectivity index (χ4n) is 4.57. The van der Waals surface area contributed by atoms with Gasteiger partial charge in [-0.15, -0.1) is 0 Å². The van der Waals surface area contributed by atoms with Gasteiger partial charge in [-0.05, 0) is 41.0 Å². The molecule has 0 saturated heterocycles. The number of ether oxygens (including phenoxy) is 1. The smallest absolute Gasteiger partial charge is 0.407 e. The van der Waals surface area contributed by atoms with Gasteiger partial charge < -0.3 is 25.6 Å². The Morgan fingerprint density at radius 1 is 0.971 bits per heavy atom. The number of aliphatic carboxylic acids is 1. The van der Waals surface area contributed by atoms with E-state index < -0.39 is 18.1 Å². The maximum Gasteiger partial charge on any atom is 0.407 e. The maximum absolute atomic E-state index is 12.3. The molecule has 1 aliphatic carbocycles. The molecule has 188 valence electrons. The van der Waals surface area contributed by atoms with Crippen LogP contribution < -0.4 is 10.6 Å². The fraction of sp³-hybridized carbons (Fsp3) is 0.444. The molecule has 3 rings (SSSR count). The molecule has 2 atom stereocenters. The zero-order valence-electron chi connectivity index (χ0n) is 20.0. The van der Waals surface area contributed by atoms with Crippen molar-refractivity contribution in [3.8, 4) is 11.1 Å². The van der Waals surface area contributed by atoms with Crippen molar-refractivity contribution in [3.63, 3.8) is 0 Å². The number of aliphatic hydroxyl groups is 1. The van der Waals surface area contributed by atoms with Gasteiger partial charge in [0, 0.05) is 31.9 Å². The highest BCUT2D eigenvalue weighted by Gasteiger charge is 2.29. The number of nitrogens with one attached hydrogen (secondary N) is 2. The van der Waals surface area contributed by atoms with Gasteiger partial charge in [0.2, 0.25) is 5.91 Å². The summed E-state index contributed by atoms with van der Waals surface area (Å²) in [6.45, 7) is 2.40. The molecule has 1 unspecified atom stereocenters. The van der Waals surface area contributed by atoms with Crippen LogP contribution in [0, 0.1) is 5.92 Å². The lowest BCUT2D eigenvalue weighted by atomic mass is 9.96. The van der Waals surface area contributed by atoms with Crippen LogP contribution in [0.5, 0.6) is 0 Å². The van der Waals surface area contributed by atoms with Crippen molar-refractivity contribution < 1.29 is 29.3 Å². The predicted octanol–water partition coefficient (Wildman–Crippen LogP) is 3.67. The number of aliphatic hydroxyl groups excluding tert-OH is 1. The number of rotatable bonds is 13. The molecule has 0 heterocycles. The van der Waals surface area contributed by atoms with Crippen molar-refractivity contribution in [1.29, 1.82) is 0 Å². The molecular weight excluding hydrogens is 448 g/mol. The minimum absolute atomic E-state index is 0.00974. The summed E-state index contributed by atoms with van der Waals surface area (Å²) in [6.07, 6.45) is 1.81. The average Bonchev–Trinajstić information content (AvgIpc) is 3.18. The molecule has 4 N–H and O–H groups in total. The van der Waals surface area contributed by atoms with Crippen molar-refractivity contribution in [1.82, 2.24) is 10.6 Å². The van der Waals surface area contributed by atoms with Crippen LogP contribution in [0.4, 0.5) is 4.79 Å². The van der Waals surface area contributed by atoms with Gasteiger partial charge in [-0.1, -0.05) is 61.9 Å². The van der Waals surface area contributed by atoms with E-state index in [0.717, 1.165) is 17.5 Å². The molecule has 0 fully saturated rings. The Labute approximate surface area is 205 Å². The molecule has 2 aromatic rings. The van der Waals surface area contributed by atoms with Gasteiger partial charge in [-0.25, -0.2) is 9.59 Å². The summed E-state index contributed by atoms with van der Waals surface area (Å²) < 4.78 is 5.55. The number of carboxylic acids is 1. The third-order valence-corrected chi connectivity index (χ3v) is 6.57. The Morgan fingerprint density at radius 3 is 2.17 bits per heavy atom. The molecule has 0 radical (unpaired) electrons. The van der Waals surface area contributed by atoms with Crippen LogP contribution in [-0.4, -0.2) is 54.0 Å². The summed E-state index contributed by atoms with van der Waals surface area (Å²) in [5, 5.41) is 23.2. The predicted molar refractivity (Wildman–Crippen MR) is 132 cm³/mol. The van der Waals surface area contributed by atoms with E-state index >= 15 is 0 Å². The first-order valence-corrected chi connectivity index (χ1v) is 12.2. The van der Waals surface area contributed by atoms with Crippen LogP contribution >= 0.6 is 0 Å². The van der Waals surface area contributed by atoms with Crippen LogP contribution in [0.3, 0.4) is 0 Å². The number of benzene rings is 2. The summed E-state index contributed by atoms with van der Waals surface area (Å²) in [4.78, 5) is 35.5. The van der Waals surface area contributed by atoms with Crippen molar-refractivity contribution in [2.45, 2.75) is 51.0 Å². The number of hydrogen-bond acceptors (Lipinski definition) is 5. The van der Waals surface area contributed by atoms with Gasteiger partial charge in [0.25, 0.3) is 0 Å². The standard InChI is InChI=1S/C27H34N2O6/c1-2-18(11-12-25(31)29-24(14-16-30)26(32)33)13-15-28-27(34)35-17-23-21-9-5-3-7-19(21)20-8-4-6-10-22(20)23/h3-10,18,23-24,30H,2,11-17H2,1H3,(H,28,34)(H,29,31)(H,32,33)/t18?,24-/m0/s1. The average molecular weight is 483 g/mol. The molecule has 8 heteroatoms. The van der Waals surface area contributed by atoms with Gasteiger partial charge in [0.15, 0.2) is 0 Å². The molecule has 0 saturated carbocycles. The van der Waals surface area contributed by atoms with Crippen molar-refractivity contribution in [3.05, 3.63) is 59.7 Å². The molecule has 0 spiro atoms. The maximum atomic E-state index is 12.3. The van der Waals surface area contributed by atoms with Crippen molar-refractivity contribution >= 4 is 18.0 Å². The highest BCUT2D eigenvalue weighted by atomic mass is 16.5. The third-order valence-electron chi connectivity index (χ3n) is 6.57. The number of amides is 2. The van der Waals surface area contributed by atoms with Crippen LogP contribution in [0.2, 0.25) is 0 Å². The summed E-state index contributed by atoms with van der Waals surface area (Å²) in [7, 11) is 0. The van der Waals surface area contributed by atoms with Crippen molar-refractivity contribution in [2.75, 3.05) is 19.8 Å². The topological polar surface area (TPSA) is 125 Å². The van der Waals surface area contributed by atoms with Gasteiger partial charge in [0.1, 0.15) is 12.6 Å². The van der Waals surface area contributed by atoms with E-state index in [2.05, 4.69) is 34.9 Å². The highest BCUT2D eigenvalue weighted by Crippen LogP contribution is 2.44. The second kappa shape index (κ2) is 12.9. The van der Waals surface area contributed by atoms with Gasteiger partial charge >= 0.3 is 12.1 Å². The van der Waals surface area contributed by atoms with Crippen LogP contribution in [0.1, 0.15) is 56.1 Å². The Bertz CT molecular complexity index is 979. The molecule has 8 nitrogen and oxygen atoms in total. The third kappa shape index (κ3) is 7.05. The molecule has 0 aliphatic heterocycles. The normalized spacial score (nSPS) is 13.9. The lowest BCUT2D eigenvalue weighted by Gasteiger charge is -2.17. The Kier molecular flexibility index (Phi) is 9.66. The van der Waals surface area contributed by atoms with Crippen LogP contribution in [0.15, 0.2) is 48.5 Å². The van der Waals surface area contributed by atoms with E-state index in [0.29, 0.717) is 19.4 Å². The number of carboxylic acid groups (broad SMARTS) is 1. The van der Waals surface area contributed by atoms with E-state index in [1.165, 1.54) is 11.1 Å². The van der Waals surface area contributed by atoms with E-state index in [4.69, 9.17) is 14.9 Å². The molecule has 2 amide bonds. The first-order chi connectivity index (χ1) is 16.9. The second-order valence-corrected chi connectivity index (χ2v) is 8.82. The van der Waals surface area contributed by atoms with E-state index in [1.807, 2.05) is 31.2 Å². The number of carbonyl (C=O) groups is 3. The van der Waals surface area contributed by atoms with Crippen molar-refractivity contribution in [2.24, 2.45) is 5.92 Å². The first-order valence-electron chi connectivity index (χ1n) is 12.2. The Balaban J connectivity index is 1.41. The molecule has 0 aromatic heterocycles. The lowest BCUT2D eigenvalue weighted by molar-refractivity contribution is -0.142. The summed E-state index contributed by atoms with van der Waals surface area (Å²) in [5.41, 5.74) is 4.68. The fourth-order valence-corrected chi connectivity index (χ4v) is 4.57. The number of fused-ring (bicyclic) bond motifs is 3. The van der Waals surface area contributed by atoms with E-state index in [9.17, 15) is 14.4 Å². The number of alkyl carbamates (subject to hydrolysis) is 1. The number of hydrogen-bond donors (Lipinski definition) is 4. The van der Waals surface area contributed by atoms with Gasteiger partial charge in [-0.3, -0.25) is 4.79 Å². The SMILES string of the molecule is CCC(CCNC(=O)OCC1c2ccccc2-c2ccccc21)CCC(=O)N[C@@H](CCO)C(=O)O. The van der Waals surface area contributed by atoms with E-state index in [1.54, 1.807) is 0 Å². The molecule has 0 bridgehead atoms. The summed E-state index contributed by atoms with van der Waals surface area (Å²) >= 11 is 0. The number of carbonyl (C=O) groups excluding carboxylic acids is 2. The monoisotopic (exact) mass is 482 g/mol. The zero-order chi connectivity index (χ0) is 25.2. The quantitative estimate of drug-likeness (QED) is 0.345. The zero-order valence-corrected chi connectivity index (χ0v) is 20.0. The summed E-state index contributed by atoms with van der Waals surface area (Å²) in [6, 6.07) is 15.3. The summed E-state index contributed by atoms with van der Waals surface area (Å²) in [5.74, 6) is -1.30. The highest BCUT2D eigenvalue weighted by molar-refractivity contribution is 5.83. The largest absolute Gasteiger partial charge is 0.480 e. The van der Waals surface area contributed by atoms with Crippen LogP contribution in [0.25, 0.3) is 11.1 Å². The Morgan fingerprint density at radius 2 is 1.60 bits per heavy atom. The second-order valence-electron chi connectivity index (χ2n) is 8.82. The molecule has 1 aliphatic rings. The minimum atomic E-state index is -1.16. The Hall–Kier alpha value is -3.39. The van der Waals surface area contributed by atoms with E-state index in [-0.39, 0.29) is 43.8 Å². The van der Waals surface area contributed by atoms with Gasteiger partial charge in [-0.2, -0.15) is 0 Å². The minimum Gasteiger partial charge on any atom is -0.480 e. The molecule has 35 heavy (non-hydrogen) atoms. The molecular formula is C27H34N2O6. The first kappa shape index (κ1) is 26.2. The van der Waals surface area contributed by atoms with Crippen LogP contribution in [-0.2, 0) is 14.3 Å². The molecule has 2 aromatic carbocycles.